The van der Waals surface area contributed by atoms with Crippen LogP contribution in [0.3, 0.4) is 0 Å². The predicted octanol–water partition coefficient (Wildman–Crippen LogP) is 2.76. The quantitative estimate of drug-likeness (QED) is 0.832. The van der Waals surface area contributed by atoms with E-state index >= 15 is 0 Å². The van der Waals surface area contributed by atoms with E-state index in [2.05, 4.69) is 29.8 Å². The number of hydrogen-bond donors (Lipinski definition) is 1. The van der Waals surface area contributed by atoms with Gasteiger partial charge in [0.1, 0.15) is 0 Å². The van der Waals surface area contributed by atoms with Crippen LogP contribution in [0.2, 0.25) is 0 Å². The number of aromatic nitrogens is 1. The highest BCUT2D eigenvalue weighted by Crippen LogP contribution is 2.38. The Morgan fingerprint density at radius 2 is 2.06 bits per heavy atom. The van der Waals surface area contributed by atoms with Crippen molar-refractivity contribution in [1.82, 2.24) is 9.88 Å². The van der Waals surface area contributed by atoms with Crippen LogP contribution in [0.1, 0.15) is 59.9 Å². The summed E-state index contributed by atoms with van der Waals surface area (Å²) in [5.74, 6) is 0.301. The van der Waals surface area contributed by atoms with Gasteiger partial charge < -0.3 is 9.88 Å². The molecule has 3 heteroatoms. The minimum Gasteiger partial charge on any atom is -0.345 e. The molecule has 1 atom stereocenters. The molecule has 1 saturated carbocycles. The third-order valence-corrected chi connectivity index (χ3v) is 4.29. The van der Waals surface area contributed by atoms with Crippen LogP contribution in [-0.2, 0) is 0 Å². The maximum atomic E-state index is 12.6. The van der Waals surface area contributed by atoms with Gasteiger partial charge >= 0.3 is 0 Å². The number of hydrogen-bond acceptors (Lipinski definition) is 2. The number of nitrogens with one attached hydrogen (secondary N) is 1. The molecule has 1 aromatic heterocycles. The molecule has 1 N–H and O–H groups in total. The maximum Gasteiger partial charge on any atom is 0.181 e. The van der Waals surface area contributed by atoms with Crippen molar-refractivity contribution in [3.05, 3.63) is 23.0 Å². The van der Waals surface area contributed by atoms with Crippen LogP contribution in [0.5, 0.6) is 0 Å². The average molecular weight is 246 g/mol. The van der Waals surface area contributed by atoms with Gasteiger partial charge in [-0.25, -0.2) is 0 Å². The normalized spacial score (nSPS) is 24.2. The van der Waals surface area contributed by atoms with Crippen molar-refractivity contribution in [3.8, 4) is 0 Å². The minimum absolute atomic E-state index is 0.0481. The highest BCUT2D eigenvalue weighted by atomic mass is 16.1. The van der Waals surface area contributed by atoms with Gasteiger partial charge in [0, 0.05) is 23.0 Å². The van der Waals surface area contributed by atoms with Gasteiger partial charge in [0.2, 0.25) is 0 Å². The molecule has 0 radical (unpaired) electrons. The van der Waals surface area contributed by atoms with Gasteiger partial charge in [-0.15, -0.1) is 0 Å². The van der Waals surface area contributed by atoms with Crippen molar-refractivity contribution < 1.29 is 4.79 Å². The fourth-order valence-corrected chi connectivity index (χ4v) is 3.18. The van der Waals surface area contributed by atoms with Crippen molar-refractivity contribution in [1.29, 1.82) is 0 Å². The Morgan fingerprint density at radius 1 is 1.28 bits per heavy atom. The second-order valence-corrected chi connectivity index (χ2v) is 5.75. The molecule has 1 unspecified atom stereocenters. The number of carbonyl (C=O) groups is 1. The lowest BCUT2D eigenvalue weighted by Crippen LogP contribution is -2.40. The molecule has 2 fully saturated rings. The summed E-state index contributed by atoms with van der Waals surface area (Å²) in [5, 5.41) is 3.36. The second kappa shape index (κ2) is 4.54. The van der Waals surface area contributed by atoms with Gasteiger partial charge in [0.05, 0.1) is 6.04 Å². The zero-order chi connectivity index (χ0) is 12.7. The van der Waals surface area contributed by atoms with E-state index in [-0.39, 0.29) is 6.04 Å². The number of ketones is 1. The number of carbonyl (C=O) groups excluding carboxylic acids is 1. The van der Waals surface area contributed by atoms with Crippen LogP contribution in [0.15, 0.2) is 6.07 Å². The van der Waals surface area contributed by atoms with Crippen LogP contribution in [0, 0.1) is 13.8 Å². The Hall–Kier alpha value is -1.09. The van der Waals surface area contributed by atoms with Crippen LogP contribution in [0.4, 0.5) is 0 Å². The summed E-state index contributed by atoms with van der Waals surface area (Å²) in [5.41, 5.74) is 3.36. The van der Waals surface area contributed by atoms with Gasteiger partial charge in [-0.3, -0.25) is 4.79 Å². The third kappa shape index (κ3) is 2.01. The Bertz CT molecular complexity index is 465. The molecule has 0 spiro atoms. The first-order chi connectivity index (χ1) is 8.68. The number of aryl methyl sites for hydroxylation is 1. The Morgan fingerprint density at radius 3 is 2.67 bits per heavy atom. The summed E-state index contributed by atoms with van der Waals surface area (Å²) in [6, 6.07) is 2.80. The van der Waals surface area contributed by atoms with Crippen molar-refractivity contribution in [2.24, 2.45) is 0 Å². The largest absolute Gasteiger partial charge is 0.345 e. The molecule has 98 valence electrons. The van der Waals surface area contributed by atoms with Gasteiger partial charge in [0.25, 0.3) is 0 Å². The number of rotatable bonds is 3. The van der Waals surface area contributed by atoms with Gasteiger partial charge in [0.15, 0.2) is 5.78 Å². The molecular weight excluding hydrogens is 224 g/mol. The molecule has 1 aliphatic carbocycles. The van der Waals surface area contributed by atoms with Crippen LogP contribution in [-0.4, -0.2) is 22.9 Å². The molecule has 18 heavy (non-hydrogen) atoms. The van der Waals surface area contributed by atoms with Crippen molar-refractivity contribution >= 4 is 5.78 Å². The molecule has 0 amide bonds. The van der Waals surface area contributed by atoms with E-state index in [4.69, 9.17) is 0 Å². The van der Waals surface area contributed by atoms with Gasteiger partial charge in [-0.05, 0) is 52.1 Å². The molecule has 1 aromatic rings. The summed E-state index contributed by atoms with van der Waals surface area (Å²) >= 11 is 0. The Kier molecular flexibility index (Phi) is 3.02. The van der Waals surface area contributed by atoms with Crippen LogP contribution in [0.25, 0.3) is 0 Å². The molecular formula is C15H22N2O. The molecule has 3 rings (SSSR count). The maximum absolute atomic E-state index is 12.6. The Balaban J connectivity index is 1.87. The van der Waals surface area contributed by atoms with E-state index in [0.29, 0.717) is 11.8 Å². The fraction of sp³-hybridized carbons (Fsp3) is 0.667. The first-order valence-corrected chi connectivity index (χ1v) is 7.14. The highest BCUT2D eigenvalue weighted by Gasteiger charge is 2.30. The van der Waals surface area contributed by atoms with E-state index in [9.17, 15) is 4.79 Å². The standard InChI is InChI=1S/C15H22N2O/c1-10-9-13(11(2)17(10)12-6-7-12)15(18)14-5-3-4-8-16-14/h9,12,14,16H,3-8H2,1-2H3. The lowest BCUT2D eigenvalue weighted by molar-refractivity contribution is 0.0926. The summed E-state index contributed by atoms with van der Waals surface area (Å²) in [7, 11) is 0. The van der Waals surface area contributed by atoms with E-state index in [1.165, 1.54) is 37.1 Å². The van der Waals surface area contributed by atoms with Crippen LogP contribution < -0.4 is 5.32 Å². The lowest BCUT2D eigenvalue weighted by atomic mass is 9.96. The Labute approximate surface area is 109 Å². The van der Waals surface area contributed by atoms with E-state index < -0.39 is 0 Å². The van der Waals surface area contributed by atoms with Crippen molar-refractivity contribution in [2.45, 2.75) is 58.0 Å². The summed E-state index contributed by atoms with van der Waals surface area (Å²) in [4.78, 5) is 12.6. The second-order valence-electron chi connectivity index (χ2n) is 5.75. The zero-order valence-electron chi connectivity index (χ0n) is 11.3. The summed E-state index contributed by atoms with van der Waals surface area (Å²) in [6.07, 6.45) is 5.90. The molecule has 3 nitrogen and oxygen atoms in total. The lowest BCUT2D eigenvalue weighted by Gasteiger charge is -2.22. The molecule has 0 bridgehead atoms. The monoisotopic (exact) mass is 246 g/mol. The molecule has 1 aliphatic heterocycles. The van der Waals surface area contributed by atoms with E-state index in [1.807, 2.05) is 0 Å². The minimum atomic E-state index is 0.0481. The van der Waals surface area contributed by atoms with E-state index in [1.54, 1.807) is 0 Å². The first kappa shape index (κ1) is 12.0. The van der Waals surface area contributed by atoms with Crippen molar-refractivity contribution in [2.75, 3.05) is 6.54 Å². The molecule has 2 heterocycles. The van der Waals surface area contributed by atoms with E-state index in [0.717, 1.165) is 18.5 Å². The summed E-state index contributed by atoms with van der Waals surface area (Å²) in [6.45, 7) is 5.20. The van der Waals surface area contributed by atoms with Gasteiger partial charge in [-0.1, -0.05) is 6.42 Å². The molecule has 1 saturated heterocycles. The smallest absolute Gasteiger partial charge is 0.181 e. The zero-order valence-corrected chi connectivity index (χ0v) is 11.3. The van der Waals surface area contributed by atoms with Crippen LogP contribution >= 0.6 is 0 Å². The topological polar surface area (TPSA) is 34.0 Å². The first-order valence-electron chi connectivity index (χ1n) is 7.14. The van der Waals surface area contributed by atoms with Gasteiger partial charge in [-0.2, -0.15) is 0 Å². The predicted molar refractivity (Wildman–Crippen MR) is 72.1 cm³/mol. The summed E-state index contributed by atoms with van der Waals surface area (Å²) < 4.78 is 2.36. The molecule has 2 aliphatic rings. The average Bonchev–Trinajstić information content (AvgIpc) is 3.16. The number of nitrogens with zero attached hydrogens (tertiary/aromatic N) is 1. The SMILES string of the molecule is Cc1cc(C(=O)C2CCCCN2)c(C)n1C1CC1. The van der Waals surface area contributed by atoms with Crippen molar-refractivity contribution in [3.63, 3.8) is 0 Å². The number of piperidine rings is 1. The number of Topliss-reactive ketones (excluding diaryl/α,β-unsaturated/α-hetero) is 1. The molecule has 0 aromatic carbocycles. The third-order valence-electron chi connectivity index (χ3n) is 4.29. The highest BCUT2D eigenvalue weighted by molar-refractivity contribution is 6.01. The fourth-order valence-electron chi connectivity index (χ4n) is 3.18.